The minimum atomic E-state index is -0.573. The van der Waals surface area contributed by atoms with Crippen LogP contribution < -0.4 is 5.32 Å². The number of carbonyl (C=O) groups excluding carboxylic acids is 1. The summed E-state index contributed by atoms with van der Waals surface area (Å²) in [6, 6.07) is 0. The lowest BCUT2D eigenvalue weighted by atomic mass is 9.97. The summed E-state index contributed by atoms with van der Waals surface area (Å²) in [4.78, 5) is 14.6. The fraction of sp³-hybridized carbons (Fsp3) is 0.938. The highest BCUT2D eigenvalue weighted by atomic mass is 16.5. The molecule has 4 nitrogen and oxygen atoms in total. The Morgan fingerprint density at radius 1 is 1.30 bits per heavy atom. The van der Waals surface area contributed by atoms with Crippen molar-refractivity contribution in [2.75, 3.05) is 32.8 Å². The van der Waals surface area contributed by atoms with Gasteiger partial charge in [-0.1, -0.05) is 27.7 Å². The lowest BCUT2D eigenvalue weighted by molar-refractivity contribution is -0.151. The predicted molar refractivity (Wildman–Crippen MR) is 84.9 cm³/mol. The fourth-order valence-electron chi connectivity index (χ4n) is 2.23. The number of nitrogens with one attached hydrogen (secondary N) is 1. The van der Waals surface area contributed by atoms with E-state index < -0.39 is 5.54 Å². The van der Waals surface area contributed by atoms with E-state index in [1.165, 1.54) is 0 Å². The van der Waals surface area contributed by atoms with Crippen molar-refractivity contribution in [1.82, 2.24) is 10.2 Å². The van der Waals surface area contributed by atoms with Crippen LogP contribution in [0.25, 0.3) is 0 Å². The average molecular weight is 286 g/mol. The molecule has 0 aromatic heterocycles. The molecule has 0 aromatic carbocycles. The van der Waals surface area contributed by atoms with Crippen LogP contribution in [0.4, 0.5) is 0 Å². The molecular weight excluding hydrogens is 252 g/mol. The summed E-state index contributed by atoms with van der Waals surface area (Å²) in [5.74, 6) is 0.515. The Kier molecular flexibility index (Phi) is 9.86. The molecule has 0 radical (unpaired) electrons. The smallest absolute Gasteiger partial charge is 0.326 e. The van der Waals surface area contributed by atoms with Gasteiger partial charge in [0.2, 0.25) is 0 Å². The van der Waals surface area contributed by atoms with Crippen molar-refractivity contribution in [3.05, 3.63) is 0 Å². The first-order chi connectivity index (χ1) is 9.39. The molecule has 0 fully saturated rings. The number of nitrogens with zero attached hydrogens (tertiary/aromatic N) is 1. The molecule has 0 saturated heterocycles. The molecule has 1 atom stereocenters. The lowest BCUT2D eigenvalue weighted by Crippen LogP contribution is -2.52. The van der Waals surface area contributed by atoms with Crippen LogP contribution in [0, 0.1) is 5.92 Å². The molecule has 0 bridgehead atoms. The maximum atomic E-state index is 12.2. The Bertz CT molecular complexity index is 269. The van der Waals surface area contributed by atoms with Crippen molar-refractivity contribution in [2.24, 2.45) is 5.92 Å². The minimum Gasteiger partial charge on any atom is -0.465 e. The third-order valence-electron chi connectivity index (χ3n) is 3.49. The molecule has 20 heavy (non-hydrogen) atoms. The normalized spacial score (nSPS) is 14.6. The van der Waals surface area contributed by atoms with E-state index in [4.69, 9.17) is 4.74 Å². The Labute approximate surface area is 125 Å². The topological polar surface area (TPSA) is 41.6 Å². The van der Waals surface area contributed by atoms with Gasteiger partial charge < -0.3 is 15.0 Å². The summed E-state index contributed by atoms with van der Waals surface area (Å²) in [7, 11) is 0. The van der Waals surface area contributed by atoms with Crippen LogP contribution in [0.5, 0.6) is 0 Å². The lowest BCUT2D eigenvalue weighted by Gasteiger charge is -2.32. The first kappa shape index (κ1) is 19.4. The van der Waals surface area contributed by atoms with Gasteiger partial charge in [-0.05, 0) is 45.7 Å². The van der Waals surface area contributed by atoms with Crippen LogP contribution in [0.2, 0.25) is 0 Å². The van der Waals surface area contributed by atoms with E-state index >= 15 is 0 Å². The van der Waals surface area contributed by atoms with Gasteiger partial charge in [-0.2, -0.15) is 0 Å². The van der Waals surface area contributed by atoms with E-state index in [1.807, 2.05) is 13.8 Å². The molecule has 0 aliphatic heterocycles. The van der Waals surface area contributed by atoms with Crippen LogP contribution in [0.1, 0.15) is 54.4 Å². The molecule has 0 aliphatic carbocycles. The highest BCUT2D eigenvalue weighted by Gasteiger charge is 2.34. The second-order valence-electron chi connectivity index (χ2n) is 6.02. The summed E-state index contributed by atoms with van der Waals surface area (Å²) >= 11 is 0. The fourth-order valence-corrected chi connectivity index (χ4v) is 2.23. The molecule has 0 aromatic rings. The second kappa shape index (κ2) is 10.2. The highest BCUT2D eigenvalue weighted by molar-refractivity contribution is 5.80. The number of esters is 1. The standard InChI is InChI=1S/C16H34N2O2/c1-7-11-17-16(6,15(19)20-9-3)10-12-18(8-2)13-14(4)5/h14,17H,7-13H2,1-6H3. The SMILES string of the molecule is CCCNC(C)(CCN(CC)CC(C)C)C(=O)OCC. The largest absolute Gasteiger partial charge is 0.465 e. The number of hydrogen-bond acceptors (Lipinski definition) is 4. The third-order valence-corrected chi connectivity index (χ3v) is 3.49. The first-order valence-corrected chi connectivity index (χ1v) is 8.04. The van der Waals surface area contributed by atoms with E-state index in [0.29, 0.717) is 12.5 Å². The maximum absolute atomic E-state index is 12.2. The molecule has 1 unspecified atom stereocenters. The summed E-state index contributed by atoms with van der Waals surface area (Å²) in [5.41, 5.74) is -0.573. The van der Waals surface area contributed by atoms with Crippen LogP contribution in [-0.2, 0) is 9.53 Å². The Morgan fingerprint density at radius 2 is 1.95 bits per heavy atom. The van der Waals surface area contributed by atoms with E-state index in [2.05, 4.69) is 37.9 Å². The molecule has 1 N–H and O–H groups in total. The van der Waals surface area contributed by atoms with Crippen molar-refractivity contribution in [2.45, 2.75) is 59.9 Å². The van der Waals surface area contributed by atoms with Crippen molar-refractivity contribution in [3.8, 4) is 0 Å². The van der Waals surface area contributed by atoms with Gasteiger partial charge in [-0.15, -0.1) is 0 Å². The summed E-state index contributed by atoms with van der Waals surface area (Å²) in [6.07, 6.45) is 1.80. The van der Waals surface area contributed by atoms with Gasteiger partial charge >= 0.3 is 5.97 Å². The van der Waals surface area contributed by atoms with Gasteiger partial charge in [0, 0.05) is 13.1 Å². The van der Waals surface area contributed by atoms with Gasteiger partial charge in [0.25, 0.3) is 0 Å². The maximum Gasteiger partial charge on any atom is 0.326 e. The van der Waals surface area contributed by atoms with Gasteiger partial charge in [0.15, 0.2) is 0 Å². The molecule has 120 valence electrons. The third kappa shape index (κ3) is 7.25. The Hall–Kier alpha value is -0.610. The van der Waals surface area contributed by atoms with E-state index in [9.17, 15) is 4.79 Å². The molecule has 0 aliphatic rings. The van der Waals surface area contributed by atoms with Crippen LogP contribution >= 0.6 is 0 Å². The van der Waals surface area contributed by atoms with Crippen molar-refractivity contribution < 1.29 is 9.53 Å². The monoisotopic (exact) mass is 286 g/mol. The predicted octanol–water partition coefficient (Wildman–Crippen LogP) is 2.68. The van der Waals surface area contributed by atoms with Crippen LogP contribution in [-0.4, -0.2) is 49.2 Å². The zero-order chi connectivity index (χ0) is 15.6. The molecule has 0 amide bonds. The van der Waals surface area contributed by atoms with Gasteiger partial charge in [0.05, 0.1) is 6.61 Å². The second-order valence-corrected chi connectivity index (χ2v) is 6.02. The first-order valence-electron chi connectivity index (χ1n) is 8.04. The molecule has 0 heterocycles. The average Bonchev–Trinajstić information content (AvgIpc) is 2.41. The quantitative estimate of drug-likeness (QED) is 0.593. The zero-order valence-corrected chi connectivity index (χ0v) is 14.3. The van der Waals surface area contributed by atoms with Crippen LogP contribution in [0.15, 0.2) is 0 Å². The van der Waals surface area contributed by atoms with Crippen molar-refractivity contribution in [1.29, 1.82) is 0 Å². The van der Waals surface area contributed by atoms with Gasteiger partial charge in [0.1, 0.15) is 5.54 Å². The van der Waals surface area contributed by atoms with Crippen molar-refractivity contribution in [3.63, 3.8) is 0 Å². The van der Waals surface area contributed by atoms with E-state index in [0.717, 1.165) is 39.0 Å². The number of hydrogen-bond donors (Lipinski definition) is 1. The van der Waals surface area contributed by atoms with E-state index in [1.54, 1.807) is 0 Å². The number of ether oxygens (including phenoxy) is 1. The number of carbonyl (C=O) groups is 1. The summed E-state index contributed by atoms with van der Waals surface area (Å²) < 4.78 is 5.23. The summed E-state index contributed by atoms with van der Waals surface area (Å²) in [6.45, 7) is 16.8. The van der Waals surface area contributed by atoms with Gasteiger partial charge in [-0.3, -0.25) is 4.79 Å². The minimum absolute atomic E-state index is 0.131. The molecule has 4 heteroatoms. The Morgan fingerprint density at radius 3 is 2.40 bits per heavy atom. The molecular formula is C16H34N2O2. The number of rotatable bonds is 11. The molecule has 0 saturated carbocycles. The highest BCUT2D eigenvalue weighted by Crippen LogP contribution is 2.14. The molecule has 0 rings (SSSR count). The van der Waals surface area contributed by atoms with E-state index in [-0.39, 0.29) is 5.97 Å². The zero-order valence-electron chi connectivity index (χ0n) is 14.3. The molecule has 0 spiro atoms. The van der Waals surface area contributed by atoms with Gasteiger partial charge in [-0.25, -0.2) is 0 Å². The van der Waals surface area contributed by atoms with Crippen molar-refractivity contribution >= 4 is 5.97 Å². The summed E-state index contributed by atoms with van der Waals surface area (Å²) in [5, 5.41) is 3.36. The Balaban J connectivity index is 4.58. The van der Waals surface area contributed by atoms with Crippen LogP contribution in [0.3, 0.4) is 0 Å².